The lowest BCUT2D eigenvalue weighted by atomic mass is 9.80. The number of ether oxygens (including phenoxy) is 1. The van der Waals surface area contributed by atoms with Gasteiger partial charge in [0, 0.05) is 0 Å². The first kappa shape index (κ1) is 17.7. The summed E-state index contributed by atoms with van der Waals surface area (Å²) in [6.45, 7) is 6.51. The molecule has 132 valence electrons. The summed E-state index contributed by atoms with van der Waals surface area (Å²) in [6, 6.07) is 12.1. The van der Waals surface area contributed by atoms with E-state index in [2.05, 4.69) is 31.7 Å². The van der Waals surface area contributed by atoms with Crippen molar-refractivity contribution in [3.8, 4) is 5.75 Å². The van der Waals surface area contributed by atoms with Crippen LogP contribution in [0.2, 0.25) is 0 Å². The molecule has 0 bridgehead atoms. The van der Waals surface area contributed by atoms with Gasteiger partial charge in [-0.25, -0.2) is 4.39 Å². The van der Waals surface area contributed by atoms with E-state index in [1.165, 1.54) is 11.1 Å². The van der Waals surface area contributed by atoms with Crippen molar-refractivity contribution in [2.75, 3.05) is 6.61 Å². The van der Waals surface area contributed by atoms with E-state index in [4.69, 9.17) is 4.74 Å². The Morgan fingerprint density at radius 3 is 2.84 bits per heavy atom. The second-order valence-electron chi connectivity index (χ2n) is 6.86. The summed E-state index contributed by atoms with van der Waals surface area (Å²) >= 11 is 0. The Hall–Kier alpha value is -2.09. The minimum Gasteiger partial charge on any atom is -0.494 e. The molecule has 1 nitrogen and oxygen atoms in total. The molecule has 0 radical (unpaired) electrons. The van der Waals surface area contributed by atoms with Gasteiger partial charge in [0.2, 0.25) is 0 Å². The zero-order valence-corrected chi connectivity index (χ0v) is 15.1. The molecule has 0 aliphatic heterocycles. The van der Waals surface area contributed by atoms with Gasteiger partial charge in [-0.2, -0.15) is 0 Å². The van der Waals surface area contributed by atoms with Crippen LogP contribution < -0.4 is 4.74 Å². The summed E-state index contributed by atoms with van der Waals surface area (Å²) in [5.74, 6) is 1.17. The third-order valence-corrected chi connectivity index (χ3v) is 5.14. The van der Waals surface area contributed by atoms with Crippen molar-refractivity contribution in [2.24, 2.45) is 0 Å². The average molecular weight is 338 g/mol. The predicted octanol–water partition coefficient (Wildman–Crippen LogP) is 6.01. The van der Waals surface area contributed by atoms with Gasteiger partial charge in [0.15, 0.2) is 0 Å². The van der Waals surface area contributed by atoms with Crippen LogP contribution in [0.3, 0.4) is 0 Å². The van der Waals surface area contributed by atoms with Crippen LogP contribution >= 0.6 is 0 Å². The van der Waals surface area contributed by atoms with E-state index >= 15 is 0 Å². The number of hydrogen-bond acceptors (Lipinski definition) is 1. The third-order valence-electron chi connectivity index (χ3n) is 5.14. The minimum absolute atomic E-state index is 0.0463. The highest BCUT2D eigenvalue weighted by Crippen LogP contribution is 2.35. The number of allylic oxidation sites excluding steroid dienone is 1. The smallest absolute Gasteiger partial charge is 0.126 e. The van der Waals surface area contributed by atoms with E-state index < -0.39 is 0 Å². The number of rotatable bonds is 7. The standard InChI is InChI=1S/C23H27FO/c1-3-5-6-13-25-21-11-10-18-15-20(9-8-19(18)16-21)22-12-7-17(4-2)14-23(22)24/h3,7,10-12,14,16,20H,1,4-6,8-9,13,15H2,2H3. The summed E-state index contributed by atoms with van der Waals surface area (Å²) in [5.41, 5.74) is 4.61. The van der Waals surface area contributed by atoms with Gasteiger partial charge < -0.3 is 4.74 Å². The fraction of sp³-hybridized carbons (Fsp3) is 0.391. The fourth-order valence-corrected chi connectivity index (χ4v) is 3.63. The largest absolute Gasteiger partial charge is 0.494 e. The lowest BCUT2D eigenvalue weighted by Gasteiger charge is -2.26. The maximum Gasteiger partial charge on any atom is 0.126 e. The van der Waals surface area contributed by atoms with Gasteiger partial charge in [-0.3, -0.25) is 0 Å². The van der Waals surface area contributed by atoms with Crippen LogP contribution in [0.4, 0.5) is 4.39 Å². The monoisotopic (exact) mass is 338 g/mol. The van der Waals surface area contributed by atoms with Crippen molar-refractivity contribution in [2.45, 2.75) is 51.4 Å². The number of hydrogen-bond donors (Lipinski definition) is 0. The van der Waals surface area contributed by atoms with Crippen molar-refractivity contribution in [3.63, 3.8) is 0 Å². The van der Waals surface area contributed by atoms with Crippen molar-refractivity contribution in [1.29, 1.82) is 0 Å². The second-order valence-corrected chi connectivity index (χ2v) is 6.86. The second kappa shape index (κ2) is 8.33. The van der Waals surface area contributed by atoms with Gasteiger partial charge >= 0.3 is 0 Å². The molecule has 2 heteroatoms. The van der Waals surface area contributed by atoms with Crippen molar-refractivity contribution in [3.05, 3.63) is 77.1 Å². The predicted molar refractivity (Wildman–Crippen MR) is 102 cm³/mol. The molecule has 3 rings (SSSR count). The molecular weight excluding hydrogens is 311 g/mol. The molecule has 1 unspecified atom stereocenters. The molecule has 1 aliphatic carbocycles. The fourth-order valence-electron chi connectivity index (χ4n) is 3.63. The topological polar surface area (TPSA) is 9.23 Å². The number of aryl methyl sites for hydroxylation is 2. The molecule has 0 aromatic heterocycles. The first-order valence-electron chi connectivity index (χ1n) is 9.35. The molecule has 0 N–H and O–H groups in total. The lowest BCUT2D eigenvalue weighted by molar-refractivity contribution is 0.311. The van der Waals surface area contributed by atoms with E-state index in [1.807, 2.05) is 18.2 Å². The van der Waals surface area contributed by atoms with Crippen LogP contribution in [0.25, 0.3) is 0 Å². The summed E-state index contributed by atoms with van der Waals surface area (Å²) in [6.07, 6.45) is 7.66. The third kappa shape index (κ3) is 4.31. The molecule has 2 aromatic rings. The first-order valence-corrected chi connectivity index (χ1v) is 9.35. The van der Waals surface area contributed by atoms with Gasteiger partial charge in [-0.05, 0) is 84.9 Å². The van der Waals surface area contributed by atoms with Crippen molar-refractivity contribution in [1.82, 2.24) is 0 Å². The van der Waals surface area contributed by atoms with E-state index in [0.717, 1.165) is 62.0 Å². The lowest BCUT2D eigenvalue weighted by Crippen LogP contribution is -2.14. The average Bonchev–Trinajstić information content (AvgIpc) is 2.64. The Morgan fingerprint density at radius 2 is 2.08 bits per heavy atom. The van der Waals surface area contributed by atoms with Crippen LogP contribution in [0.15, 0.2) is 49.1 Å². The van der Waals surface area contributed by atoms with Crippen LogP contribution in [-0.4, -0.2) is 6.61 Å². The van der Waals surface area contributed by atoms with E-state index in [1.54, 1.807) is 6.07 Å². The summed E-state index contributed by atoms with van der Waals surface area (Å²) in [7, 11) is 0. The zero-order valence-electron chi connectivity index (χ0n) is 15.1. The van der Waals surface area contributed by atoms with Crippen LogP contribution in [-0.2, 0) is 19.3 Å². The van der Waals surface area contributed by atoms with Gasteiger partial charge in [0.25, 0.3) is 0 Å². The summed E-state index contributed by atoms with van der Waals surface area (Å²) in [4.78, 5) is 0. The Bertz CT molecular complexity index is 735. The number of unbranched alkanes of at least 4 members (excludes halogenated alkanes) is 1. The molecule has 1 atom stereocenters. The quantitative estimate of drug-likeness (QED) is 0.444. The highest BCUT2D eigenvalue weighted by Gasteiger charge is 2.23. The number of halogens is 1. The highest BCUT2D eigenvalue weighted by atomic mass is 19.1. The number of fused-ring (bicyclic) bond motifs is 1. The van der Waals surface area contributed by atoms with E-state index in [0.29, 0.717) is 0 Å². The van der Waals surface area contributed by atoms with E-state index in [-0.39, 0.29) is 11.7 Å². The normalized spacial score (nSPS) is 16.3. The Labute approximate surface area is 150 Å². The molecule has 25 heavy (non-hydrogen) atoms. The van der Waals surface area contributed by atoms with Gasteiger partial charge in [-0.1, -0.05) is 31.2 Å². The molecule has 1 aliphatic rings. The minimum atomic E-state index is -0.0463. The Balaban J connectivity index is 1.68. The van der Waals surface area contributed by atoms with Crippen molar-refractivity contribution < 1.29 is 9.13 Å². The highest BCUT2D eigenvalue weighted by molar-refractivity contribution is 5.40. The SMILES string of the molecule is C=CCCCOc1ccc2c(c1)CCC(c1ccc(CC)cc1F)C2. The molecule has 0 fully saturated rings. The molecule has 0 heterocycles. The summed E-state index contributed by atoms with van der Waals surface area (Å²) < 4.78 is 20.3. The van der Waals surface area contributed by atoms with Gasteiger partial charge in [0.1, 0.15) is 11.6 Å². The zero-order chi connectivity index (χ0) is 17.6. The molecule has 0 amide bonds. The molecule has 2 aromatic carbocycles. The van der Waals surface area contributed by atoms with Gasteiger partial charge in [0.05, 0.1) is 6.61 Å². The maximum absolute atomic E-state index is 14.4. The Kier molecular flexibility index (Phi) is 5.91. The van der Waals surface area contributed by atoms with Crippen molar-refractivity contribution >= 4 is 0 Å². The molecular formula is C23H27FO. The molecule has 0 saturated carbocycles. The summed E-state index contributed by atoms with van der Waals surface area (Å²) in [5, 5.41) is 0. The van der Waals surface area contributed by atoms with Gasteiger partial charge in [-0.15, -0.1) is 6.58 Å². The molecule has 0 saturated heterocycles. The first-order chi connectivity index (χ1) is 12.2. The van der Waals surface area contributed by atoms with Crippen LogP contribution in [0.1, 0.15) is 54.4 Å². The van der Waals surface area contributed by atoms with Crippen LogP contribution in [0.5, 0.6) is 5.75 Å². The number of benzene rings is 2. The maximum atomic E-state index is 14.4. The molecule has 0 spiro atoms. The Morgan fingerprint density at radius 1 is 1.20 bits per heavy atom. The van der Waals surface area contributed by atoms with Crippen LogP contribution in [0, 0.1) is 5.82 Å². The van der Waals surface area contributed by atoms with E-state index in [9.17, 15) is 4.39 Å².